The number of hydrogen-bond acceptors (Lipinski definition) is 3. The zero-order valence-corrected chi connectivity index (χ0v) is 10.8. The lowest BCUT2D eigenvalue weighted by atomic mass is 10.1. The Kier molecular flexibility index (Phi) is 4.29. The fourth-order valence-electron chi connectivity index (χ4n) is 2.26. The van der Waals surface area contributed by atoms with Crippen LogP contribution in [0, 0.1) is 0 Å². The molecule has 0 aliphatic carbocycles. The smallest absolute Gasteiger partial charge is 0.377 e. The van der Waals surface area contributed by atoms with Crippen molar-refractivity contribution in [3.05, 3.63) is 23.9 Å². The van der Waals surface area contributed by atoms with Crippen LogP contribution in [-0.4, -0.2) is 30.8 Å². The lowest BCUT2D eigenvalue weighted by Crippen LogP contribution is -2.40. The zero-order chi connectivity index (χ0) is 13.9. The first kappa shape index (κ1) is 14.1. The number of ether oxygens (including phenoxy) is 1. The summed E-state index contributed by atoms with van der Waals surface area (Å²) in [6.45, 7) is 4.09. The van der Waals surface area contributed by atoms with Crippen LogP contribution in [0.4, 0.5) is 19.0 Å². The van der Waals surface area contributed by atoms with Crippen LogP contribution in [0.3, 0.4) is 0 Å². The number of pyridine rings is 1. The van der Waals surface area contributed by atoms with Crippen LogP contribution < -0.4 is 4.90 Å². The van der Waals surface area contributed by atoms with Crippen molar-refractivity contribution in [2.45, 2.75) is 32.0 Å². The minimum absolute atomic E-state index is 0.142. The van der Waals surface area contributed by atoms with Gasteiger partial charge in [0.05, 0.1) is 11.7 Å². The summed E-state index contributed by atoms with van der Waals surface area (Å²) in [5.41, 5.74) is -0.713. The van der Waals surface area contributed by atoms with Gasteiger partial charge in [-0.25, -0.2) is 4.98 Å². The summed E-state index contributed by atoms with van der Waals surface area (Å²) in [6.07, 6.45) is -1.35. The van der Waals surface area contributed by atoms with Crippen LogP contribution in [0.5, 0.6) is 0 Å². The zero-order valence-electron chi connectivity index (χ0n) is 10.8. The first-order chi connectivity index (χ1) is 9.00. The van der Waals surface area contributed by atoms with Gasteiger partial charge < -0.3 is 9.64 Å². The minimum Gasteiger partial charge on any atom is -0.377 e. The van der Waals surface area contributed by atoms with E-state index in [2.05, 4.69) is 4.98 Å². The third kappa shape index (κ3) is 3.59. The number of nitrogens with zero attached hydrogens (tertiary/aromatic N) is 2. The molecule has 106 valence electrons. The first-order valence-corrected chi connectivity index (χ1v) is 6.40. The molecule has 0 amide bonds. The number of halogens is 3. The molecule has 0 saturated carbocycles. The quantitative estimate of drug-likeness (QED) is 0.847. The second-order valence-corrected chi connectivity index (χ2v) is 4.57. The molecule has 1 aliphatic heterocycles. The number of hydrogen-bond donors (Lipinski definition) is 0. The lowest BCUT2D eigenvalue weighted by Gasteiger charge is -2.33. The molecule has 1 saturated heterocycles. The van der Waals surface area contributed by atoms with E-state index in [4.69, 9.17) is 4.74 Å². The van der Waals surface area contributed by atoms with E-state index in [1.54, 1.807) is 0 Å². The van der Waals surface area contributed by atoms with E-state index in [0.29, 0.717) is 19.0 Å². The Hall–Kier alpha value is -1.30. The van der Waals surface area contributed by atoms with Crippen LogP contribution >= 0.6 is 0 Å². The average molecular weight is 274 g/mol. The third-order valence-corrected chi connectivity index (χ3v) is 3.18. The van der Waals surface area contributed by atoms with Crippen molar-refractivity contribution in [3.63, 3.8) is 0 Å². The average Bonchev–Trinajstić information content (AvgIpc) is 2.39. The molecule has 1 atom stereocenters. The van der Waals surface area contributed by atoms with E-state index in [1.807, 2.05) is 11.8 Å². The molecule has 1 aromatic heterocycles. The first-order valence-electron chi connectivity index (χ1n) is 6.40. The van der Waals surface area contributed by atoms with Crippen molar-refractivity contribution in [2.24, 2.45) is 0 Å². The highest BCUT2D eigenvalue weighted by Gasteiger charge is 2.31. The van der Waals surface area contributed by atoms with Gasteiger partial charge in [0.15, 0.2) is 0 Å². The maximum Gasteiger partial charge on any atom is 0.417 e. The Morgan fingerprint density at radius 2 is 2.21 bits per heavy atom. The molecule has 2 heterocycles. The maximum absolute atomic E-state index is 12.5. The molecule has 0 N–H and O–H groups in total. The fraction of sp³-hybridized carbons (Fsp3) is 0.615. The molecule has 0 aromatic carbocycles. The van der Waals surface area contributed by atoms with Crippen LogP contribution in [0.15, 0.2) is 18.3 Å². The highest BCUT2D eigenvalue weighted by molar-refractivity contribution is 5.40. The molecular formula is C13H17F3N2O. The fourth-order valence-corrected chi connectivity index (χ4v) is 2.26. The normalized spacial score (nSPS) is 20.6. The monoisotopic (exact) mass is 274 g/mol. The van der Waals surface area contributed by atoms with Crippen molar-refractivity contribution in [3.8, 4) is 0 Å². The van der Waals surface area contributed by atoms with Crippen molar-refractivity contribution in [2.75, 3.05) is 24.6 Å². The topological polar surface area (TPSA) is 25.4 Å². The highest BCUT2D eigenvalue weighted by Crippen LogP contribution is 2.29. The van der Waals surface area contributed by atoms with Gasteiger partial charge in [-0.05, 0) is 31.9 Å². The van der Waals surface area contributed by atoms with Crippen molar-refractivity contribution in [1.29, 1.82) is 0 Å². The van der Waals surface area contributed by atoms with Crippen LogP contribution in [0.25, 0.3) is 0 Å². The van der Waals surface area contributed by atoms with Crippen LogP contribution in [-0.2, 0) is 10.9 Å². The standard InChI is InChI=1S/C13H17F3N2O/c1-2-19-11-4-3-7-18(9-11)12-6-5-10(8-17-12)13(14,15)16/h5-6,8,11H,2-4,7,9H2,1H3. The van der Waals surface area contributed by atoms with E-state index in [1.165, 1.54) is 6.07 Å². The molecule has 2 rings (SSSR count). The number of rotatable bonds is 3. The Labute approximate surface area is 110 Å². The minimum atomic E-state index is -4.33. The van der Waals surface area contributed by atoms with Gasteiger partial charge >= 0.3 is 6.18 Å². The number of alkyl halides is 3. The predicted octanol–water partition coefficient (Wildman–Crippen LogP) is 3.11. The van der Waals surface area contributed by atoms with Gasteiger partial charge in [-0.1, -0.05) is 0 Å². The second-order valence-electron chi connectivity index (χ2n) is 4.57. The SMILES string of the molecule is CCOC1CCCN(c2ccc(C(F)(F)F)cn2)C1. The Balaban J connectivity index is 2.05. The molecule has 3 nitrogen and oxygen atoms in total. The molecular weight excluding hydrogens is 257 g/mol. The highest BCUT2D eigenvalue weighted by atomic mass is 19.4. The molecule has 1 fully saturated rings. The molecule has 0 bridgehead atoms. The van der Waals surface area contributed by atoms with Gasteiger partial charge in [-0.3, -0.25) is 0 Å². The molecule has 19 heavy (non-hydrogen) atoms. The van der Waals surface area contributed by atoms with Gasteiger partial charge in [0.25, 0.3) is 0 Å². The van der Waals surface area contributed by atoms with E-state index >= 15 is 0 Å². The summed E-state index contributed by atoms with van der Waals surface area (Å²) in [7, 11) is 0. The van der Waals surface area contributed by atoms with Crippen molar-refractivity contribution in [1.82, 2.24) is 4.98 Å². The number of anilines is 1. The molecule has 1 unspecified atom stereocenters. The largest absolute Gasteiger partial charge is 0.417 e. The molecule has 1 aliphatic rings. The van der Waals surface area contributed by atoms with Gasteiger partial charge in [0.2, 0.25) is 0 Å². The van der Waals surface area contributed by atoms with Gasteiger partial charge in [0.1, 0.15) is 5.82 Å². The van der Waals surface area contributed by atoms with Gasteiger partial charge in [0, 0.05) is 25.9 Å². The Morgan fingerprint density at radius 1 is 1.42 bits per heavy atom. The van der Waals surface area contributed by atoms with E-state index < -0.39 is 11.7 Å². The van der Waals surface area contributed by atoms with Crippen molar-refractivity contribution >= 4 is 5.82 Å². The number of piperidine rings is 1. The summed E-state index contributed by atoms with van der Waals surface area (Å²) < 4.78 is 42.9. The Bertz CT molecular complexity index is 403. The molecule has 1 aromatic rings. The van der Waals surface area contributed by atoms with Crippen LogP contribution in [0.2, 0.25) is 0 Å². The summed E-state index contributed by atoms with van der Waals surface area (Å²) in [5.74, 6) is 0.581. The maximum atomic E-state index is 12.5. The summed E-state index contributed by atoms with van der Waals surface area (Å²) >= 11 is 0. The molecule has 0 spiro atoms. The second kappa shape index (κ2) is 5.77. The van der Waals surface area contributed by atoms with Gasteiger partial charge in [-0.2, -0.15) is 13.2 Å². The van der Waals surface area contributed by atoms with E-state index in [0.717, 1.165) is 31.6 Å². The summed E-state index contributed by atoms with van der Waals surface area (Å²) in [5, 5.41) is 0. The van der Waals surface area contributed by atoms with E-state index in [-0.39, 0.29) is 6.10 Å². The number of aromatic nitrogens is 1. The van der Waals surface area contributed by atoms with Crippen LogP contribution in [0.1, 0.15) is 25.3 Å². The van der Waals surface area contributed by atoms with E-state index in [9.17, 15) is 13.2 Å². The summed E-state index contributed by atoms with van der Waals surface area (Å²) in [6, 6.07) is 2.50. The summed E-state index contributed by atoms with van der Waals surface area (Å²) in [4.78, 5) is 5.89. The molecule has 6 heteroatoms. The Morgan fingerprint density at radius 3 is 2.79 bits per heavy atom. The lowest BCUT2D eigenvalue weighted by molar-refractivity contribution is -0.137. The molecule has 0 radical (unpaired) electrons. The van der Waals surface area contributed by atoms with Crippen molar-refractivity contribution < 1.29 is 17.9 Å². The third-order valence-electron chi connectivity index (χ3n) is 3.18. The van der Waals surface area contributed by atoms with Gasteiger partial charge in [-0.15, -0.1) is 0 Å². The predicted molar refractivity (Wildman–Crippen MR) is 66.1 cm³/mol.